The molecule has 1 aliphatic rings. The first kappa shape index (κ1) is 20.8. The van der Waals surface area contributed by atoms with Crippen molar-refractivity contribution in [2.45, 2.75) is 26.3 Å². The van der Waals surface area contributed by atoms with Gasteiger partial charge in [-0.05, 0) is 45.2 Å². The largest absolute Gasteiger partial charge is 0.573 e. The van der Waals surface area contributed by atoms with Crippen LogP contribution in [-0.2, 0) is 4.79 Å². The number of carbonyl (C=O) groups excluding carboxylic acids is 1. The predicted molar refractivity (Wildman–Crippen MR) is 102 cm³/mol. The summed E-state index contributed by atoms with van der Waals surface area (Å²) in [5, 5.41) is 2.67. The van der Waals surface area contributed by atoms with Crippen LogP contribution in [0.5, 0.6) is 5.75 Å². The minimum absolute atomic E-state index is 0.168. The third kappa shape index (κ3) is 5.35. The third-order valence-corrected chi connectivity index (χ3v) is 4.86. The molecule has 1 aliphatic heterocycles. The number of ether oxygens (including phenoxy) is 1. The van der Waals surface area contributed by atoms with Crippen LogP contribution in [0.15, 0.2) is 30.6 Å². The molecule has 1 aromatic heterocycles. The number of nitrogens with zero attached hydrogens (tertiary/aromatic N) is 4. The Balaban J connectivity index is 1.47. The van der Waals surface area contributed by atoms with Gasteiger partial charge in [0.05, 0.1) is 6.54 Å². The minimum Gasteiger partial charge on any atom is -0.406 e. The fourth-order valence-corrected chi connectivity index (χ4v) is 3.05. The van der Waals surface area contributed by atoms with E-state index < -0.39 is 6.36 Å². The summed E-state index contributed by atoms with van der Waals surface area (Å²) in [6, 6.07) is 5.25. The smallest absolute Gasteiger partial charge is 0.406 e. The Labute approximate surface area is 166 Å². The molecule has 3 rings (SSSR count). The van der Waals surface area contributed by atoms with Gasteiger partial charge in [0.15, 0.2) is 0 Å². The maximum atomic E-state index is 12.2. The number of anilines is 2. The molecule has 0 unspecified atom stereocenters. The number of nitrogens with one attached hydrogen (secondary N) is 1. The van der Waals surface area contributed by atoms with E-state index >= 15 is 0 Å². The second-order valence-electron chi connectivity index (χ2n) is 7.00. The zero-order valence-corrected chi connectivity index (χ0v) is 16.3. The first-order chi connectivity index (χ1) is 13.6. The van der Waals surface area contributed by atoms with Gasteiger partial charge < -0.3 is 15.0 Å². The second-order valence-corrected chi connectivity index (χ2v) is 7.00. The predicted octanol–water partition coefficient (Wildman–Crippen LogP) is 2.75. The Hall–Kier alpha value is -2.88. The lowest BCUT2D eigenvalue weighted by Crippen LogP contribution is -2.60. The van der Waals surface area contributed by atoms with Crippen LogP contribution in [0, 0.1) is 13.8 Å². The van der Waals surface area contributed by atoms with Crippen LogP contribution < -0.4 is 15.0 Å². The molecule has 29 heavy (non-hydrogen) atoms. The first-order valence-corrected chi connectivity index (χ1v) is 9.01. The maximum absolute atomic E-state index is 12.2. The summed E-state index contributed by atoms with van der Waals surface area (Å²) in [7, 11) is 1.86. The molecular formula is C19H22F3N5O2. The van der Waals surface area contributed by atoms with E-state index in [1.54, 1.807) is 6.33 Å². The quantitative estimate of drug-likeness (QED) is 0.791. The Kier molecular flexibility index (Phi) is 5.92. The molecule has 0 bridgehead atoms. The molecule has 1 N–H and O–H groups in total. The summed E-state index contributed by atoms with van der Waals surface area (Å²) in [6.45, 7) is 5.60. The monoisotopic (exact) mass is 409 g/mol. The molecule has 10 heteroatoms. The molecule has 0 spiro atoms. The molecule has 1 fully saturated rings. The van der Waals surface area contributed by atoms with Crippen molar-refractivity contribution in [2.24, 2.45) is 0 Å². The Morgan fingerprint density at radius 2 is 1.90 bits per heavy atom. The highest BCUT2D eigenvalue weighted by Crippen LogP contribution is 2.26. The highest BCUT2D eigenvalue weighted by atomic mass is 19.4. The first-order valence-electron chi connectivity index (χ1n) is 9.01. The number of carbonyl (C=O) groups is 1. The molecule has 2 heterocycles. The van der Waals surface area contributed by atoms with Crippen molar-refractivity contribution in [1.82, 2.24) is 14.9 Å². The van der Waals surface area contributed by atoms with E-state index in [0.29, 0.717) is 5.69 Å². The number of hydrogen-bond acceptors (Lipinski definition) is 6. The lowest BCUT2D eigenvalue weighted by atomic mass is 10.1. The van der Waals surface area contributed by atoms with Crippen molar-refractivity contribution >= 4 is 17.4 Å². The molecule has 2 aromatic rings. The summed E-state index contributed by atoms with van der Waals surface area (Å²) in [5.74, 6) is 0.328. The van der Waals surface area contributed by atoms with Crippen molar-refractivity contribution in [1.29, 1.82) is 0 Å². The van der Waals surface area contributed by atoms with E-state index in [-0.39, 0.29) is 24.2 Å². The average molecular weight is 409 g/mol. The number of alkyl halides is 3. The van der Waals surface area contributed by atoms with Gasteiger partial charge in [0.25, 0.3) is 0 Å². The Bertz CT molecular complexity index is 867. The molecule has 0 radical (unpaired) electrons. The van der Waals surface area contributed by atoms with Crippen LogP contribution in [0.25, 0.3) is 0 Å². The highest BCUT2D eigenvalue weighted by Gasteiger charge is 2.33. The standard InChI is InChI=1S/C19H22F3N5O2/c1-12-13(2)23-11-24-18(12)27-8-15(9-27)26(3)10-17(28)25-14-4-6-16(7-5-14)29-19(20,21)22/h4-7,11,15H,8-10H2,1-3H3,(H,25,28). The van der Waals surface area contributed by atoms with Crippen LogP contribution >= 0.6 is 0 Å². The minimum atomic E-state index is -4.74. The molecule has 0 aliphatic carbocycles. The van der Waals surface area contributed by atoms with Crippen LogP contribution in [0.3, 0.4) is 0 Å². The molecular weight excluding hydrogens is 387 g/mol. The molecule has 7 nitrogen and oxygen atoms in total. The molecule has 0 atom stereocenters. The number of amides is 1. The summed E-state index contributed by atoms with van der Waals surface area (Å²) in [5.41, 5.74) is 2.39. The van der Waals surface area contributed by atoms with E-state index in [0.717, 1.165) is 42.3 Å². The number of likely N-dealkylation sites (N-methyl/N-ethyl adjacent to an activating group) is 1. The zero-order valence-electron chi connectivity index (χ0n) is 16.3. The van der Waals surface area contributed by atoms with Gasteiger partial charge in [-0.15, -0.1) is 13.2 Å². The van der Waals surface area contributed by atoms with E-state index in [4.69, 9.17) is 0 Å². The molecule has 1 aromatic carbocycles. The van der Waals surface area contributed by atoms with Crippen molar-refractivity contribution < 1.29 is 22.7 Å². The van der Waals surface area contributed by atoms with Gasteiger partial charge in [-0.1, -0.05) is 0 Å². The number of rotatable bonds is 6. The fourth-order valence-electron chi connectivity index (χ4n) is 3.05. The van der Waals surface area contributed by atoms with E-state index in [1.807, 2.05) is 25.8 Å². The van der Waals surface area contributed by atoms with Crippen molar-refractivity contribution in [3.8, 4) is 5.75 Å². The van der Waals surface area contributed by atoms with Crippen molar-refractivity contribution in [2.75, 3.05) is 36.9 Å². The Morgan fingerprint density at radius 3 is 2.52 bits per heavy atom. The van der Waals surface area contributed by atoms with Gasteiger partial charge in [0.2, 0.25) is 5.91 Å². The second kappa shape index (κ2) is 8.24. The molecule has 1 saturated heterocycles. The van der Waals surface area contributed by atoms with Gasteiger partial charge >= 0.3 is 6.36 Å². The molecule has 0 saturated carbocycles. The maximum Gasteiger partial charge on any atom is 0.573 e. The molecule has 156 valence electrons. The fraction of sp³-hybridized carbons (Fsp3) is 0.421. The van der Waals surface area contributed by atoms with Crippen LogP contribution in [0.2, 0.25) is 0 Å². The number of hydrogen-bond donors (Lipinski definition) is 1. The van der Waals surface area contributed by atoms with E-state index in [2.05, 4.69) is 24.9 Å². The van der Waals surface area contributed by atoms with Gasteiger partial charge in [-0.25, -0.2) is 9.97 Å². The lowest BCUT2D eigenvalue weighted by Gasteiger charge is -2.45. The average Bonchev–Trinajstić information content (AvgIpc) is 2.57. The van der Waals surface area contributed by atoms with Crippen LogP contribution in [0.1, 0.15) is 11.3 Å². The number of aryl methyl sites for hydroxylation is 1. The van der Waals surface area contributed by atoms with Gasteiger partial charge in [-0.2, -0.15) is 0 Å². The Morgan fingerprint density at radius 1 is 1.24 bits per heavy atom. The lowest BCUT2D eigenvalue weighted by molar-refractivity contribution is -0.274. The number of aromatic nitrogens is 2. The summed E-state index contributed by atoms with van der Waals surface area (Å²) >= 11 is 0. The normalized spacial score (nSPS) is 14.7. The van der Waals surface area contributed by atoms with Gasteiger partial charge in [0.1, 0.15) is 17.9 Å². The zero-order chi connectivity index (χ0) is 21.2. The van der Waals surface area contributed by atoms with Gasteiger partial charge in [-0.3, -0.25) is 9.69 Å². The van der Waals surface area contributed by atoms with Crippen LogP contribution in [-0.4, -0.2) is 59.9 Å². The van der Waals surface area contributed by atoms with Crippen molar-refractivity contribution in [3.63, 3.8) is 0 Å². The third-order valence-electron chi connectivity index (χ3n) is 4.86. The summed E-state index contributed by atoms with van der Waals surface area (Å²) in [4.78, 5) is 24.8. The highest BCUT2D eigenvalue weighted by molar-refractivity contribution is 5.92. The van der Waals surface area contributed by atoms with E-state index in [9.17, 15) is 18.0 Å². The van der Waals surface area contributed by atoms with E-state index in [1.165, 1.54) is 12.1 Å². The SMILES string of the molecule is Cc1ncnc(N2CC(N(C)CC(=O)Nc3ccc(OC(F)(F)F)cc3)C2)c1C. The summed E-state index contributed by atoms with van der Waals surface area (Å²) < 4.78 is 40.3. The summed E-state index contributed by atoms with van der Waals surface area (Å²) in [6.07, 6.45) is -3.19. The van der Waals surface area contributed by atoms with Crippen molar-refractivity contribution in [3.05, 3.63) is 41.9 Å². The van der Waals surface area contributed by atoms with Crippen LogP contribution in [0.4, 0.5) is 24.7 Å². The number of benzene rings is 1. The topological polar surface area (TPSA) is 70.6 Å². The molecule has 1 amide bonds. The number of halogens is 3. The van der Waals surface area contributed by atoms with Gasteiger partial charge in [0, 0.05) is 36.1 Å².